The van der Waals surface area contributed by atoms with Gasteiger partial charge in [-0.2, -0.15) is 0 Å². The van der Waals surface area contributed by atoms with Crippen LogP contribution in [0.5, 0.6) is 0 Å². The van der Waals surface area contributed by atoms with E-state index >= 15 is 0 Å². The lowest BCUT2D eigenvalue weighted by Crippen LogP contribution is -2.14. The van der Waals surface area contributed by atoms with Gasteiger partial charge in [0.25, 0.3) is 0 Å². The topological polar surface area (TPSA) is 42.0 Å². The molecule has 3 heteroatoms. The molecule has 0 bridgehead atoms. The first-order valence-corrected chi connectivity index (χ1v) is 6.46. The molecule has 1 aromatic heterocycles. The molecular formula is C16H18N2O. The third kappa shape index (κ3) is 3.73. The van der Waals surface area contributed by atoms with E-state index in [0.717, 1.165) is 29.7 Å². The summed E-state index contributed by atoms with van der Waals surface area (Å²) in [5.41, 5.74) is 2.88. The zero-order chi connectivity index (χ0) is 13.5. The van der Waals surface area contributed by atoms with E-state index in [2.05, 4.69) is 10.3 Å². The fourth-order valence-electron chi connectivity index (χ4n) is 2.05. The number of Topliss-reactive ketones (excluding diaryl/α,β-unsaturated/α-hetero) is 1. The molecule has 1 N–H and O–H groups in total. The maximum atomic E-state index is 12.3. The van der Waals surface area contributed by atoms with Crippen LogP contribution in [-0.4, -0.2) is 24.4 Å². The predicted octanol–water partition coefficient (Wildman–Crippen LogP) is 2.27. The van der Waals surface area contributed by atoms with Crippen molar-refractivity contribution in [3.05, 3.63) is 65.5 Å². The maximum absolute atomic E-state index is 12.3. The summed E-state index contributed by atoms with van der Waals surface area (Å²) in [4.78, 5) is 16.4. The largest absolute Gasteiger partial charge is 0.319 e. The Kier molecular flexibility index (Phi) is 4.81. The van der Waals surface area contributed by atoms with E-state index in [9.17, 15) is 4.79 Å². The summed E-state index contributed by atoms with van der Waals surface area (Å²) in [5.74, 6) is 0.153. The average molecular weight is 254 g/mol. The minimum absolute atomic E-state index is 0.153. The van der Waals surface area contributed by atoms with Crippen LogP contribution in [0.3, 0.4) is 0 Å². The molecule has 0 saturated carbocycles. The first-order chi connectivity index (χ1) is 9.31. The number of ketones is 1. The maximum Gasteiger partial charge on any atom is 0.167 e. The quantitative estimate of drug-likeness (QED) is 0.804. The molecule has 0 aliphatic carbocycles. The molecule has 0 saturated heterocycles. The van der Waals surface area contributed by atoms with Crippen LogP contribution in [0.25, 0.3) is 0 Å². The zero-order valence-corrected chi connectivity index (χ0v) is 11.1. The van der Waals surface area contributed by atoms with Crippen molar-refractivity contribution in [2.75, 3.05) is 13.6 Å². The summed E-state index contributed by atoms with van der Waals surface area (Å²) in [6.45, 7) is 0.872. The van der Waals surface area contributed by atoms with Gasteiger partial charge in [0.2, 0.25) is 0 Å². The number of benzene rings is 1. The lowest BCUT2D eigenvalue weighted by atomic mass is 9.97. The smallest absolute Gasteiger partial charge is 0.167 e. The average Bonchev–Trinajstić information content (AvgIpc) is 2.46. The highest BCUT2D eigenvalue weighted by atomic mass is 16.1. The number of hydrogen-bond donors (Lipinski definition) is 1. The van der Waals surface area contributed by atoms with Crippen LogP contribution >= 0.6 is 0 Å². The van der Waals surface area contributed by atoms with Crippen molar-refractivity contribution in [2.24, 2.45) is 0 Å². The molecule has 3 nitrogen and oxygen atoms in total. The molecule has 1 heterocycles. The van der Waals surface area contributed by atoms with Gasteiger partial charge in [0.05, 0.1) is 0 Å². The van der Waals surface area contributed by atoms with Crippen LogP contribution in [-0.2, 0) is 12.8 Å². The molecule has 0 atom stereocenters. The van der Waals surface area contributed by atoms with E-state index in [1.807, 2.05) is 43.4 Å². The number of likely N-dealkylation sites (N-methyl/N-ethyl adjacent to an activating group) is 1. The summed E-state index contributed by atoms with van der Waals surface area (Å²) >= 11 is 0. The van der Waals surface area contributed by atoms with Crippen molar-refractivity contribution in [1.82, 2.24) is 10.3 Å². The summed E-state index contributed by atoms with van der Waals surface area (Å²) in [7, 11) is 1.92. The number of carbonyl (C=O) groups excluding carboxylic acids is 1. The standard InChI is InChI=1S/C16H18N2O/c1-17-10-8-14-6-2-3-7-15(14)16(19)11-13-5-4-9-18-12-13/h2-7,9,12,17H,8,10-11H2,1H3. The summed E-state index contributed by atoms with van der Waals surface area (Å²) in [6, 6.07) is 11.6. The van der Waals surface area contributed by atoms with Crippen molar-refractivity contribution in [3.63, 3.8) is 0 Å². The van der Waals surface area contributed by atoms with Crippen LogP contribution in [0.1, 0.15) is 21.5 Å². The van der Waals surface area contributed by atoms with Gasteiger partial charge in [0, 0.05) is 24.4 Å². The van der Waals surface area contributed by atoms with Crippen molar-refractivity contribution in [3.8, 4) is 0 Å². The highest BCUT2D eigenvalue weighted by Crippen LogP contribution is 2.13. The Labute approximate surface area is 113 Å². The highest BCUT2D eigenvalue weighted by Gasteiger charge is 2.11. The number of aromatic nitrogens is 1. The molecule has 1 aromatic carbocycles. The fraction of sp³-hybridized carbons (Fsp3) is 0.250. The number of pyridine rings is 1. The second-order valence-electron chi connectivity index (χ2n) is 4.47. The summed E-state index contributed by atoms with van der Waals surface area (Å²) < 4.78 is 0. The Bertz CT molecular complexity index is 537. The molecule has 0 fully saturated rings. The molecule has 2 rings (SSSR count). The molecule has 19 heavy (non-hydrogen) atoms. The highest BCUT2D eigenvalue weighted by molar-refractivity contribution is 5.98. The minimum atomic E-state index is 0.153. The van der Waals surface area contributed by atoms with Crippen molar-refractivity contribution in [2.45, 2.75) is 12.8 Å². The van der Waals surface area contributed by atoms with E-state index in [4.69, 9.17) is 0 Å². The Morgan fingerprint density at radius 2 is 2.05 bits per heavy atom. The van der Waals surface area contributed by atoms with Crippen molar-refractivity contribution < 1.29 is 4.79 Å². The number of nitrogens with one attached hydrogen (secondary N) is 1. The third-order valence-corrected chi connectivity index (χ3v) is 3.05. The van der Waals surface area contributed by atoms with Crippen molar-refractivity contribution in [1.29, 1.82) is 0 Å². The summed E-state index contributed by atoms with van der Waals surface area (Å²) in [6.07, 6.45) is 4.73. The minimum Gasteiger partial charge on any atom is -0.319 e. The van der Waals surface area contributed by atoms with Crippen LogP contribution in [0, 0.1) is 0 Å². The lowest BCUT2D eigenvalue weighted by molar-refractivity contribution is 0.0992. The van der Waals surface area contributed by atoms with Gasteiger partial charge in [-0.05, 0) is 37.2 Å². The van der Waals surface area contributed by atoms with E-state index in [1.54, 1.807) is 12.4 Å². The molecule has 0 aliphatic heterocycles. The van der Waals surface area contributed by atoms with Gasteiger partial charge in [-0.3, -0.25) is 9.78 Å². The van der Waals surface area contributed by atoms with Crippen molar-refractivity contribution >= 4 is 5.78 Å². The van der Waals surface area contributed by atoms with Gasteiger partial charge in [-0.15, -0.1) is 0 Å². The Morgan fingerprint density at radius 1 is 1.21 bits per heavy atom. The number of carbonyl (C=O) groups is 1. The molecule has 0 amide bonds. The van der Waals surface area contributed by atoms with Crippen LogP contribution in [0.4, 0.5) is 0 Å². The number of hydrogen-bond acceptors (Lipinski definition) is 3. The lowest BCUT2D eigenvalue weighted by Gasteiger charge is -2.08. The van der Waals surface area contributed by atoms with Gasteiger partial charge < -0.3 is 5.32 Å². The van der Waals surface area contributed by atoms with E-state index in [0.29, 0.717) is 6.42 Å². The van der Waals surface area contributed by atoms with Crippen LogP contribution in [0.15, 0.2) is 48.8 Å². The molecule has 0 unspecified atom stereocenters. The first kappa shape index (κ1) is 13.4. The molecule has 0 radical (unpaired) electrons. The van der Waals surface area contributed by atoms with Gasteiger partial charge in [-0.25, -0.2) is 0 Å². The Morgan fingerprint density at radius 3 is 2.79 bits per heavy atom. The predicted molar refractivity (Wildman–Crippen MR) is 76.3 cm³/mol. The molecule has 98 valence electrons. The molecule has 0 spiro atoms. The monoisotopic (exact) mass is 254 g/mol. The molecule has 2 aromatic rings. The van der Waals surface area contributed by atoms with Gasteiger partial charge in [0.15, 0.2) is 5.78 Å². The summed E-state index contributed by atoms with van der Waals surface area (Å²) in [5, 5.41) is 3.11. The van der Waals surface area contributed by atoms with Gasteiger partial charge in [-0.1, -0.05) is 30.3 Å². The van der Waals surface area contributed by atoms with Crippen LogP contribution in [0.2, 0.25) is 0 Å². The third-order valence-electron chi connectivity index (χ3n) is 3.05. The fourth-order valence-corrected chi connectivity index (χ4v) is 2.05. The Hall–Kier alpha value is -2.00. The van der Waals surface area contributed by atoms with Gasteiger partial charge in [0.1, 0.15) is 0 Å². The number of nitrogens with zero attached hydrogens (tertiary/aromatic N) is 1. The first-order valence-electron chi connectivity index (χ1n) is 6.46. The molecular weight excluding hydrogens is 236 g/mol. The second-order valence-corrected chi connectivity index (χ2v) is 4.47. The van der Waals surface area contributed by atoms with E-state index in [-0.39, 0.29) is 5.78 Å². The Balaban J connectivity index is 2.14. The van der Waals surface area contributed by atoms with E-state index < -0.39 is 0 Å². The number of rotatable bonds is 6. The molecule has 0 aliphatic rings. The van der Waals surface area contributed by atoms with E-state index in [1.165, 1.54) is 0 Å². The van der Waals surface area contributed by atoms with Gasteiger partial charge >= 0.3 is 0 Å². The second kappa shape index (κ2) is 6.81. The SMILES string of the molecule is CNCCc1ccccc1C(=O)Cc1cccnc1. The zero-order valence-electron chi connectivity index (χ0n) is 11.1. The normalized spacial score (nSPS) is 10.4. The van der Waals surface area contributed by atoms with Crippen LogP contribution < -0.4 is 5.32 Å².